The minimum atomic E-state index is -4.62. The monoisotopic (exact) mass is 408 g/mol. The van der Waals surface area contributed by atoms with Crippen molar-refractivity contribution in [3.8, 4) is 11.6 Å². The first-order valence-electron chi connectivity index (χ1n) is 8.09. The number of alkyl halides is 3. The van der Waals surface area contributed by atoms with E-state index in [4.69, 9.17) is 4.74 Å². The molecular formula is C19H15F3N2O3S. The lowest BCUT2D eigenvalue weighted by atomic mass is 10.2. The number of hydrogen-bond acceptors (Lipinski definition) is 4. The quantitative estimate of drug-likeness (QED) is 0.658. The Hall–Kier alpha value is -2.91. The molecule has 0 atom stereocenters. The first-order chi connectivity index (χ1) is 13.2. The highest BCUT2D eigenvalue weighted by Gasteiger charge is 2.31. The summed E-state index contributed by atoms with van der Waals surface area (Å²) < 4.78 is 70.9. The average Bonchev–Trinajstić information content (AvgIpc) is 2.67. The topological polar surface area (TPSA) is 68.3 Å². The Balaban J connectivity index is 1.72. The third-order valence-electron chi connectivity index (χ3n) is 3.70. The number of pyridine rings is 1. The van der Waals surface area contributed by atoms with Gasteiger partial charge in [0.15, 0.2) is 0 Å². The van der Waals surface area contributed by atoms with E-state index in [2.05, 4.69) is 9.71 Å². The van der Waals surface area contributed by atoms with Crippen LogP contribution >= 0.6 is 0 Å². The fourth-order valence-corrected chi connectivity index (χ4v) is 3.41. The summed E-state index contributed by atoms with van der Waals surface area (Å²) >= 11 is 0. The Labute approximate surface area is 159 Å². The molecule has 0 saturated carbocycles. The minimum absolute atomic E-state index is 0.113. The Morgan fingerprint density at radius 3 is 2.46 bits per heavy atom. The third kappa shape index (κ3) is 5.08. The lowest BCUT2D eigenvalue weighted by molar-refractivity contribution is -0.137. The van der Waals surface area contributed by atoms with Crippen molar-refractivity contribution < 1.29 is 26.3 Å². The first kappa shape index (κ1) is 19.8. The van der Waals surface area contributed by atoms with Crippen LogP contribution in [-0.4, -0.2) is 13.4 Å². The maximum Gasteiger partial charge on any atom is 0.416 e. The Morgan fingerprint density at radius 2 is 1.75 bits per heavy atom. The number of nitrogens with one attached hydrogen (secondary N) is 1. The smallest absolute Gasteiger partial charge is 0.416 e. The number of nitrogens with zero attached hydrogens (tertiary/aromatic N) is 1. The van der Waals surface area contributed by atoms with Gasteiger partial charge >= 0.3 is 6.18 Å². The van der Waals surface area contributed by atoms with Crippen molar-refractivity contribution in [2.75, 3.05) is 0 Å². The van der Waals surface area contributed by atoms with Crippen molar-refractivity contribution >= 4 is 10.0 Å². The number of sulfonamides is 1. The number of aromatic nitrogens is 1. The zero-order valence-corrected chi connectivity index (χ0v) is 15.2. The van der Waals surface area contributed by atoms with Crippen LogP contribution in [0.4, 0.5) is 13.2 Å². The van der Waals surface area contributed by atoms with E-state index >= 15 is 0 Å². The summed E-state index contributed by atoms with van der Waals surface area (Å²) in [5, 5.41) is 0. The fourth-order valence-electron chi connectivity index (χ4n) is 2.35. The fraction of sp³-hybridized carbons (Fsp3) is 0.105. The van der Waals surface area contributed by atoms with Gasteiger partial charge in [-0.15, -0.1) is 0 Å². The molecule has 0 amide bonds. The molecule has 0 saturated heterocycles. The van der Waals surface area contributed by atoms with Crippen molar-refractivity contribution in [1.82, 2.24) is 9.71 Å². The largest absolute Gasteiger partial charge is 0.439 e. The van der Waals surface area contributed by atoms with Crippen molar-refractivity contribution in [2.45, 2.75) is 17.6 Å². The molecule has 0 radical (unpaired) electrons. The molecule has 0 aliphatic heterocycles. The molecule has 9 heteroatoms. The number of ether oxygens (including phenoxy) is 1. The normalized spacial score (nSPS) is 12.0. The Bertz CT molecular complexity index is 1060. The highest BCUT2D eigenvalue weighted by Crippen LogP contribution is 2.30. The van der Waals surface area contributed by atoms with E-state index in [9.17, 15) is 21.6 Å². The van der Waals surface area contributed by atoms with Crippen LogP contribution in [0.2, 0.25) is 0 Å². The van der Waals surface area contributed by atoms with Gasteiger partial charge in [0.25, 0.3) is 0 Å². The summed E-state index contributed by atoms with van der Waals surface area (Å²) in [4.78, 5) is 3.58. The summed E-state index contributed by atoms with van der Waals surface area (Å²) in [6.45, 7) is -0.113. The zero-order chi connectivity index (χ0) is 20.2. The van der Waals surface area contributed by atoms with Gasteiger partial charge in [-0.2, -0.15) is 13.2 Å². The molecule has 0 aliphatic carbocycles. The molecule has 1 heterocycles. The number of rotatable bonds is 6. The molecule has 0 fully saturated rings. The molecule has 0 aliphatic rings. The predicted molar refractivity (Wildman–Crippen MR) is 96.2 cm³/mol. The molecule has 0 unspecified atom stereocenters. The second-order valence-electron chi connectivity index (χ2n) is 5.77. The Kier molecular flexibility index (Phi) is 5.66. The maximum absolute atomic E-state index is 12.8. The van der Waals surface area contributed by atoms with Gasteiger partial charge in [0.2, 0.25) is 15.9 Å². The molecule has 146 valence electrons. The molecular weight excluding hydrogens is 393 g/mol. The van der Waals surface area contributed by atoms with Crippen LogP contribution in [-0.2, 0) is 22.7 Å². The standard InChI is InChI=1S/C19H15F3N2O3S/c20-19(21,22)15-6-4-8-17(12-15)28(25,26)24-13-14-5-3-7-16(11-14)27-18-9-1-2-10-23-18/h1-12,24H,13H2. The van der Waals surface area contributed by atoms with E-state index in [-0.39, 0.29) is 6.54 Å². The molecule has 2 aromatic carbocycles. The van der Waals surface area contributed by atoms with Gasteiger partial charge in [0, 0.05) is 18.8 Å². The minimum Gasteiger partial charge on any atom is -0.439 e. The number of hydrogen-bond donors (Lipinski definition) is 1. The Morgan fingerprint density at radius 1 is 0.964 bits per heavy atom. The van der Waals surface area contributed by atoms with Crippen LogP contribution in [0.1, 0.15) is 11.1 Å². The van der Waals surface area contributed by atoms with E-state index in [1.54, 1.807) is 48.7 Å². The number of halogens is 3. The summed E-state index contributed by atoms with van der Waals surface area (Å²) in [6, 6.07) is 15.4. The van der Waals surface area contributed by atoms with Gasteiger partial charge in [0.05, 0.1) is 10.5 Å². The highest BCUT2D eigenvalue weighted by molar-refractivity contribution is 7.89. The van der Waals surface area contributed by atoms with Crippen LogP contribution in [0.15, 0.2) is 77.8 Å². The van der Waals surface area contributed by atoms with E-state index in [0.29, 0.717) is 23.3 Å². The van der Waals surface area contributed by atoms with E-state index in [0.717, 1.165) is 18.2 Å². The third-order valence-corrected chi connectivity index (χ3v) is 5.10. The van der Waals surface area contributed by atoms with Crippen molar-refractivity contribution in [3.63, 3.8) is 0 Å². The van der Waals surface area contributed by atoms with Crippen LogP contribution in [0.5, 0.6) is 11.6 Å². The van der Waals surface area contributed by atoms with Crippen molar-refractivity contribution in [2.24, 2.45) is 0 Å². The molecule has 3 aromatic rings. The zero-order valence-electron chi connectivity index (χ0n) is 14.3. The average molecular weight is 408 g/mol. The van der Waals surface area contributed by atoms with Gasteiger partial charge < -0.3 is 4.74 Å². The lowest BCUT2D eigenvalue weighted by Crippen LogP contribution is -2.23. The molecule has 1 aromatic heterocycles. The first-order valence-corrected chi connectivity index (χ1v) is 9.57. The van der Waals surface area contributed by atoms with Gasteiger partial charge in [-0.25, -0.2) is 18.1 Å². The summed E-state index contributed by atoms with van der Waals surface area (Å²) in [5.74, 6) is 0.832. The van der Waals surface area contributed by atoms with E-state index in [1.165, 1.54) is 0 Å². The van der Waals surface area contributed by atoms with Crippen LogP contribution in [0.3, 0.4) is 0 Å². The van der Waals surface area contributed by atoms with Gasteiger partial charge in [-0.3, -0.25) is 0 Å². The predicted octanol–water partition coefficient (Wildman–Crippen LogP) is 4.37. The van der Waals surface area contributed by atoms with Crippen LogP contribution in [0.25, 0.3) is 0 Å². The molecule has 1 N–H and O–H groups in total. The van der Waals surface area contributed by atoms with E-state index in [1.807, 2.05) is 0 Å². The molecule has 0 bridgehead atoms. The van der Waals surface area contributed by atoms with E-state index < -0.39 is 26.7 Å². The van der Waals surface area contributed by atoms with Crippen molar-refractivity contribution in [1.29, 1.82) is 0 Å². The van der Waals surface area contributed by atoms with Crippen LogP contribution in [0, 0.1) is 0 Å². The summed E-state index contributed by atoms with van der Waals surface area (Å²) in [5.41, 5.74) is -0.454. The molecule has 3 rings (SSSR count). The summed E-state index contributed by atoms with van der Waals surface area (Å²) in [7, 11) is -4.12. The molecule has 0 spiro atoms. The maximum atomic E-state index is 12.8. The van der Waals surface area contributed by atoms with Gasteiger partial charge in [-0.05, 0) is 42.0 Å². The van der Waals surface area contributed by atoms with Crippen LogP contribution < -0.4 is 9.46 Å². The number of benzene rings is 2. The second kappa shape index (κ2) is 7.99. The second-order valence-corrected chi connectivity index (χ2v) is 7.53. The highest BCUT2D eigenvalue weighted by atomic mass is 32.2. The van der Waals surface area contributed by atoms with Gasteiger partial charge in [0.1, 0.15) is 5.75 Å². The lowest BCUT2D eigenvalue weighted by Gasteiger charge is -2.11. The molecule has 28 heavy (non-hydrogen) atoms. The summed E-state index contributed by atoms with van der Waals surface area (Å²) in [6.07, 6.45) is -3.05. The van der Waals surface area contributed by atoms with Crippen molar-refractivity contribution in [3.05, 3.63) is 84.1 Å². The van der Waals surface area contributed by atoms with Gasteiger partial charge in [-0.1, -0.05) is 24.3 Å². The SMILES string of the molecule is O=S(=O)(NCc1cccc(Oc2ccccn2)c1)c1cccc(C(F)(F)F)c1. The molecule has 5 nitrogen and oxygen atoms in total.